The lowest BCUT2D eigenvalue weighted by molar-refractivity contribution is 0.415. The summed E-state index contributed by atoms with van der Waals surface area (Å²) < 4.78 is 5.33. The maximum atomic E-state index is 10.4. The Bertz CT molecular complexity index is 1550. The highest BCUT2D eigenvalue weighted by atomic mass is 35.5. The number of H-pyrrole nitrogens is 1. The molecule has 1 aliphatic rings. The molecule has 1 saturated heterocycles. The van der Waals surface area contributed by atoms with E-state index in [0.717, 1.165) is 51.5 Å². The van der Waals surface area contributed by atoms with E-state index >= 15 is 0 Å². The van der Waals surface area contributed by atoms with Gasteiger partial charge >= 0.3 is 0 Å². The predicted molar refractivity (Wildman–Crippen MR) is 153 cm³/mol. The number of halogens is 1. The van der Waals surface area contributed by atoms with E-state index in [1.807, 2.05) is 35.7 Å². The molecule has 8 heteroatoms. The molecule has 0 radical (unpaired) electrons. The van der Waals surface area contributed by atoms with E-state index in [0.29, 0.717) is 16.9 Å². The zero-order valence-electron chi connectivity index (χ0n) is 20.4. The van der Waals surface area contributed by atoms with Gasteiger partial charge in [-0.05, 0) is 72.7 Å². The number of nitrogens with zero attached hydrogens (tertiary/aromatic N) is 4. The molecule has 1 aliphatic heterocycles. The first kappa shape index (κ1) is 24.8. The molecule has 1 fully saturated rings. The molecule has 0 amide bonds. The zero-order chi connectivity index (χ0) is 24.5. The summed E-state index contributed by atoms with van der Waals surface area (Å²) in [7, 11) is 1.64. The second-order valence-electron chi connectivity index (χ2n) is 8.92. The number of fused-ring (bicyclic) bond motifs is 1. The molecule has 37 heavy (non-hydrogen) atoms. The van der Waals surface area contributed by atoms with Crippen molar-refractivity contribution in [3.05, 3.63) is 71.6 Å². The number of methoxy groups -OCH3 is 1. The Morgan fingerprint density at radius 3 is 2.35 bits per heavy atom. The maximum absolute atomic E-state index is 10.4. The Morgan fingerprint density at radius 1 is 0.973 bits per heavy atom. The van der Waals surface area contributed by atoms with Gasteiger partial charge in [-0.25, -0.2) is 4.98 Å². The smallest absolute Gasteiger partial charge is 0.182 e. The first-order chi connectivity index (χ1) is 17.8. The highest BCUT2D eigenvalue weighted by Gasteiger charge is 2.23. The van der Waals surface area contributed by atoms with E-state index in [9.17, 15) is 5.26 Å². The summed E-state index contributed by atoms with van der Waals surface area (Å²) in [4.78, 5) is 8.37. The SMILES string of the molecule is COc1ccc(-c2nc3n[nH]c(-c4cccs4)c3c(-c3ccc(N4CCCCC4)cc3)c2C#N)cc1.Cl. The largest absolute Gasteiger partial charge is 0.497 e. The van der Waals surface area contributed by atoms with Gasteiger partial charge in [-0.15, -0.1) is 23.7 Å². The van der Waals surface area contributed by atoms with Crippen LogP contribution in [-0.2, 0) is 0 Å². The fourth-order valence-corrected chi connectivity index (χ4v) is 5.73. The molecule has 0 aliphatic carbocycles. The van der Waals surface area contributed by atoms with E-state index in [2.05, 4.69) is 51.5 Å². The Morgan fingerprint density at radius 2 is 1.70 bits per heavy atom. The molecule has 3 aromatic heterocycles. The van der Waals surface area contributed by atoms with Crippen LogP contribution in [0.2, 0.25) is 0 Å². The standard InChI is InChI=1S/C29H25N5OS.ClH/c1-35-22-13-9-20(10-14-22)27-23(18-30)25(19-7-11-21(12-8-19)34-15-3-2-4-16-34)26-28(24-6-5-17-36-24)32-33-29(26)31-27;/h5-14,17H,2-4,15-16H2,1H3,(H,31,32,33);1H. The van der Waals surface area contributed by atoms with Crippen LogP contribution in [0, 0.1) is 11.3 Å². The van der Waals surface area contributed by atoms with Crippen LogP contribution in [0.5, 0.6) is 5.75 Å². The number of nitrogens with one attached hydrogen (secondary N) is 1. The molecule has 6 rings (SSSR count). The first-order valence-electron chi connectivity index (χ1n) is 12.1. The van der Waals surface area contributed by atoms with Gasteiger partial charge in [0, 0.05) is 29.9 Å². The summed E-state index contributed by atoms with van der Waals surface area (Å²) in [5, 5.41) is 21.1. The molecule has 6 nitrogen and oxygen atoms in total. The Hall–Kier alpha value is -3.86. The minimum Gasteiger partial charge on any atom is -0.497 e. The summed E-state index contributed by atoms with van der Waals surface area (Å²) in [6, 6.07) is 22.8. The highest BCUT2D eigenvalue weighted by Crippen LogP contribution is 2.41. The van der Waals surface area contributed by atoms with Crippen LogP contribution in [0.25, 0.3) is 44.0 Å². The Balaban J connectivity index is 0.00000280. The number of thiophene rings is 1. The molecule has 2 aromatic carbocycles. The third-order valence-corrected chi connectivity index (χ3v) is 7.71. The molecule has 0 unspecified atom stereocenters. The molecule has 1 N–H and O–H groups in total. The van der Waals surface area contributed by atoms with Crippen LogP contribution < -0.4 is 9.64 Å². The minimum absolute atomic E-state index is 0. The van der Waals surface area contributed by atoms with Crippen LogP contribution in [0.15, 0.2) is 66.0 Å². The molecule has 186 valence electrons. The quantitative estimate of drug-likeness (QED) is 0.259. The van der Waals surface area contributed by atoms with Crippen LogP contribution in [0.1, 0.15) is 24.8 Å². The topological polar surface area (TPSA) is 77.8 Å². The lowest BCUT2D eigenvalue weighted by atomic mass is 9.92. The number of nitriles is 1. The summed E-state index contributed by atoms with van der Waals surface area (Å²) in [5.41, 5.74) is 6.55. The van der Waals surface area contributed by atoms with Gasteiger partial charge in [-0.2, -0.15) is 10.4 Å². The van der Waals surface area contributed by atoms with Crippen molar-refractivity contribution in [1.29, 1.82) is 5.26 Å². The average Bonchev–Trinajstić information content (AvgIpc) is 3.63. The van der Waals surface area contributed by atoms with Gasteiger partial charge in [0.2, 0.25) is 0 Å². The van der Waals surface area contributed by atoms with Crippen molar-refractivity contribution in [2.75, 3.05) is 25.1 Å². The molecule has 5 aromatic rings. The summed E-state index contributed by atoms with van der Waals surface area (Å²) in [6.45, 7) is 2.18. The second kappa shape index (κ2) is 10.6. The van der Waals surface area contributed by atoms with Gasteiger partial charge in [0.25, 0.3) is 0 Å². The van der Waals surface area contributed by atoms with Gasteiger partial charge in [-0.3, -0.25) is 5.10 Å². The van der Waals surface area contributed by atoms with Gasteiger partial charge in [0.15, 0.2) is 5.65 Å². The van der Waals surface area contributed by atoms with Crippen LogP contribution in [0.3, 0.4) is 0 Å². The number of benzene rings is 2. The number of rotatable bonds is 5. The Kier molecular flexibility index (Phi) is 7.13. The number of aromatic amines is 1. The zero-order valence-corrected chi connectivity index (χ0v) is 22.0. The van der Waals surface area contributed by atoms with E-state index in [-0.39, 0.29) is 12.4 Å². The first-order valence-corrected chi connectivity index (χ1v) is 13.0. The molecule has 0 bridgehead atoms. The molecule has 0 saturated carbocycles. The van der Waals surface area contributed by atoms with Crippen LogP contribution in [-0.4, -0.2) is 35.4 Å². The molecule has 0 atom stereocenters. The number of hydrogen-bond donors (Lipinski definition) is 1. The summed E-state index contributed by atoms with van der Waals surface area (Å²) in [5.74, 6) is 0.756. The fourth-order valence-electron chi connectivity index (χ4n) is 5.00. The third-order valence-electron chi connectivity index (χ3n) is 6.82. The van der Waals surface area contributed by atoms with Crippen LogP contribution in [0.4, 0.5) is 5.69 Å². The van der Waals surface area contributed by atoms with Crippen molar-refractivity contribution < 1.29 is 4.74 Å². The van der Waals surface area contributed by atoms with E-state index in [1.165, 1.54) is 24.9 Å². The summed E-state index contributed by atoms with van der Waals surface area (Å²) in [6.07, 6.45) is 3.76. The number of piperidine rings is 1. The van der Waals surface area contributed by atoms with Crippen molar-refractivity contribution in [2.24, 2.45) is 0 Å². The van der Waals surface area contributed by atoms with Crippen LogP contribution >= 0.6 is 23.7 Å². The third kappa shape index (κ3) is 4.55. The van der Waals surface area contributed by atoms with E-state index in [1.54, 1.807) is 18.4 Å². The molecular weight excluding hydrogens is 502 g/mol. The van der Waals surface area contributed by atoms with E-state index < -0.39 is 0 Å². The molecule has 0 spiro atoms. The van der Waals surface area contributed by atoms with Crippen molar-refractivity contribution in [2.45, 2.75) is 19.3 Å². The average molecular weight is 528 g/mol. The van der Waals surface area contributed by atoms with Gasteiger partial charge < -0.3 is 9.64 Å². The summed E-state index contributed by atoms with van der Waals surface area (Å²) >= 11 is 1.64. The lowest BCUT2D eigenvalue weighted by Gasteiger charge is -2.29. The normalized spacial score (nSPS) is 13.2. The Labute approximate surface area is 226 Å². The van der Waals surface area contributed by atoms with E-state index in [4.69, 9.17) is 9.72 Å². The second-order valence-corrected chi connectivity index (χ2v) is 9.87. The lowest BCUT2D eigenvalue weighted by Crippen LogP contribution is -2.29. The highest BCUT2D eigenvalue weighted by molar-refractivity contribution is 7.13. The van der Waals surface area contributed by atoms with Gasteiger partial charge in [0.05, 0.1) is 34.3 Å². The van der Waals surface area contributed by atoms with Crippen molar-refractivity contribution in [3.63, 3.8) is 0 Å². The monoisotopic (exact) mass is 527 g/mol. The number of hydrogen-bond acceptors (Lipinski definition) is 6. The molecular formula is C29H26ClN5OS. The number of ether oxygens (including phenoxy) is 1. The fraction of sp³-hybridized carbons (Fsp3) is 0.207. The van der Waals surface area contributed by atoms with Crippen molar-refractivity contribution >= 4 is 40.5 Å². The number of aromatic nitrogens is 3. The molecule has 4 heterocycles. The predicted octanol–water partition coefficient (Wildman–Crippen LogP) is 7.31. The van der Waals surface area contributed by atoms with Gasteiger partial charge in [-0.1, -0.05) is 18.2 Å². The number of pyridine rings is 1. The minimum atomic E-state index is 0. The van der Waals surface area contributed by atoms with Crippen molar-refractivity contribution in [3.8, 4) is 44.8 Å². The maximum Gasteiger partial charge on any atom is 0.182 e. The van der Waals surface area contributed by atoms with Crippen molar-refractivity contribution in [1.82, 2.24) is 15.2 Å². The van der Waals surface area contributed by atoms with Gasteiger partial charge in [0.1, 0.15) is 11.8 Å². The number of anilines is 1.